The molecule has 0 spiro atoms. The standard InChI is InChI=1S/C15H19BrN2O3/c1-3-7-18-14(19)11-21-15-12(5-4-6-13(15)16)10-17-8-9-20-2/h1,4-6,17H,7-11H2,2H3,(H,18,19). The fraction of sp³-hybridized carbons (Fsp3) is 0.400. The summed E-state index contributed by atoms with van der Waals surface area (Å²) in [5.74, 6) is 2.74. The Morgan fingerprint density at radius 3 is 3.00 bits per heavy atom. The highest BCUT2D eigenvalue weighted by molar-refractivity contribution is 9.10. The summed E-state index contributed by atoms with van der Waals surface area (Å²) in [5.41, 5.74) is 0.963. The molecule has 1 rings (SSSR count). The van der Waals surface area contributed by atoms with Crippen molar-refractivity contribution < 1.29 is 14.3 Å². The van der Waals surface area contributed by atoms with Gasteiger partial charge in [-0.2, -0.15) is 0 Å². The zero-order valence-electron chi connectivity index (χ0n) is 11.9. The monoisotopic (exact) mass is 354 g/mol. The molecule has 0 unspecified atom stereocenters. The lowest BCUT2D eigenvalue weighted by Gasteiger charge is -2.13. The van der Waals surface area contributed by atoms with E-state index in [4.69, 9.17) is 15.9 Å². The minimum atomic E-state index is -0.248. The van der Waals surface area contributed by atoms with Crippen molar-refractivity contribution in [1.82, 2.24) is 10.6 Å². The number of ether oxygens (including phenoxy) is 2. The molecule has 6 heteroatoms. The molecule has 0 aliphatic heterocycles. The van der Waals surface area contributed by atoms with Gasteiger partial charge in [-0.05, 0) is 22.0 Å². The molecule has 0 saturated carbocycles. The lowest BCUT2D eigenvalue weighted by atomic mass is 10.2. The Hall–Kier alpha value is -1.55. The van der Waals surface area contributed by atoms with Gasteiger partial charge in [0.1, 0.15) is 5.75 Å². The summed E-state index contributed by atoms with van der Waals surface area (Å²) >= 11 is 3.43. The predicted molar refractivity (Wildman–Crippen MR) is 85.1 cm³/mol. The van der Waals surface area contributed by atoms with Crippen LogP contribution in [-0.4, -0.2) is 39.3 Å². The second-order valence-electron chi connectivity index (χ2n) is 4.17. The summed E-state index contributed by atoms with van der Waals surface area (Å²) in [5, 5.41) is 5.79. The average Bonchev–Trinajstić information content (AvgIpc) is 2.48. The van der Waals surface area contributed by atoms with E-state index in [9.17, 15) is 4.79 Å². The number of amides is 1. The molecule has 0 fully saturated rings. The summed E-state index contributed by atoms with van der Waals surface area (Å²) in [7, 11) is 1.66. The Bertz CT molecular complexity index is 500. The zero-order chi connectivity index (χ0) is 15.5. The van der Waals surface area contributed by atoms with Gasteiger partial charge in [-0.15, -0.1) is 6.42 Å². The number of halogens is 1. The van der Waals surface area contributed by atoms with Crippen molar-refractivity contribution in [2.45, 2.75) is 6.54 Å². The summed E-state index contributed by atoms with van der Waals surface area (Å²) in [6.07, 6.45) is 5.08. The largest absolute Gasteiger partial charge is 0.482 e. The molecule has 1 amide bonds. The minimum absolute atomic E-state index is 0.0740. The lowest BCUT2D eigenvalue weighted by Crippen LogP contribution is -2.29. The second-order valence-corrected chi connectivity index (χ2v) is 5.02. The van der Waals surface area contributed by atoms with Crippen molar-refractivity contribution in [3.8, 4) is 18.1 Å². The fourth-order valence-electron chi connectivity index (χ4n) is 1.59. The van der Waals surface area contributed by atoms with Crippen LogP contribution in [0.5, 0.6) is 5.75 Å². The number of nitrogens with one attached hydrogen (secondary N) is 2. The van der Waals surface area contributed by atoms with Crippen molar-refractivity contribution in [2.75, 3.05) is 33.4 Å². The molecule has 0 bridgehead atoms. The van der Waals surface area contributed by atoms with E-state index in [0.717, 1.165) is 16.6 Å². The SMILES string of the molecule is C#CCNC(=O)COc1c(Br)cccc1CNCCOC. The molecule has 21 heavy (non-hydrogen) atoms. The first-order valence-corrected chi connectivity index (χ1v) is 7.28. The first-order chi connectivity index (χ1) is 10.2. The number of rotatable bonds is 9. The van der Waals surface area contributed by atoms with Crippen molar-refractivity contribution in [3.05, 3.63) is 28.2 Å². The van der Waals surface area contributed by atoms with E-state index in [0.29, 0.717) is 18.9 Å². The Kier molecular flexibility index (Phi) is 8.51. The Morgan fingerprint density at radius 2 is 2.29 bits per heavy atom. The van der Waals surface area contributed by atoms with Crippen LogP contribution in [0.4, 0.5) is 0 Å². The summed E-state index contributed by atoms with van der Waals surface area (Å²) in [4.78, 5) is 11.5. The number of hydrogen-bond donors (Lipinski definition) is 2. The van der Waals surface area contributed by atoms with E-state index >= 15 is 0 Å². The van der Waals surface area contributed by atoms with E-state index in [2.05, 4.69) is 32.5 Å². The number of terminal acetylenes is 1. The Balaban J connectivity index is 2.58. The molecule has 1 aromatic rings. The van der Waals surface area contributed by atoms with E-state index in [1.807, 2.05) is 18.2 Å². The minimum Gasteiger partial charge on any atom is -0.482 e. The first-order valence-electron chi connectivity index (χ1n) is 6.49. The first kappa shape index (κ1) is 17.5. The van der Waals surface area contributed by atoms with E-state index in [1.165, 1.54) is 0 Å². The van der Waals surface area contributed by atoms with Gasteiger partial charge in [-0.25, -0.2) is 0 Å². The van der Waals surface area contributed by atoms with Crippen LogP contribution in [0.3, 0.4) is 0 Å². The summed E-state index contributed by atoms with van der Waals surface area (Å²) < 4.78 is 11.4. The van der Waals surface area contributed by atoms with Gasteiger partial charge in [-0.1, -0.05) is 18.1 Å². The average molecular weight is 355 g/mol. The Labute approximate surface area is 133 Å². The van der Waals surface area contributed by atoms with Crippen LogP contribution < -0.4 is 15.4 Å². The van der Waals surface area contributed by atoms with Gasteiger partial charge in [0.15, 0.2) is 6.61 Å². The van der Waals surface area contributed by atoms with E-state index in [1.54, 1.807) is 7.11 Å². The van der Waals surface area contributed by atoms with Crippen LogP contribution in [0.15, 0.2) is 22.7 Å². The number of benzene rings is 1. The molecule has 0 heterocycles. The highest BCUT2D eigenvalue weighted by Crippen LogP contribution is 2.29. The quantitative estimate of drug-likeness (QED) is 0.518. The second kappa shape index (κ2) is 10.2. The van der Waals surface area contributed by atoms with Crippen LogP contribution >= 0.6 is 15.9 Å². The fourth-order valence-corrected chi connectivity index (χ4v) is 2.11. The topological polar surface area (TPSA) is 59.6 Å². The normalized spacial score (nSPS) is 9.95. The molecule has 0 radical (unpaired) electrons. The summed E-state index contributed by atoms with van der Waals surface area (Å²) in [6.45, 7) is 2.13. The maximum absolute atomic E-state index is 11.5. The molecule has 5 nitrogen and oxygen atoms in total. The number of carbonyl (C=O) groups excluding carboxylic acids is 1. The number of methoxy groups -OCH3 is 1. The Morgan fingerprint density at radius 1 is 1.48 bits per heavy atom. The van der Waals surface area contributed by atoms with Crippen molar-refractivity contribution >= 4 is 21.8 Å². The third-order valence-electron chi connectivity index (χ3n) is 2.58. The van der Waals surface area contributed by atoms with Crippen LogP contribution in [-0.2, 0) is 16.1 Å². The van der Waals surface area contributed by atoms with Gasteiger partial charge in [0, 0.05) is 25.8 Å². The smallest absolute Gasteiger partial charge is 0.258 e. The molecule has 114 valence electrons. The lowest BCUT2D eigenvalue weighted by molar-refractivity contribution is -0.122. The van der Waals surface area contributed by atoms with Crippen molar-refractivity contribution in [2.24, 2.45) is 0 Å². The molecule has 1 aromatic carbocycles. The molecule has 0 atom stereocenters. The van der Waals surface area contributed by atoms with E-state index in [-0.39, 0.29) is 19.1 Å². The maximum Gasteiger partial charge on any atom is 0.258 e. The van der Waals surface area contributed by atoms with Crippen LogP contribution in [0.1, 0.15) is 5.56 Å². The number of hydrogen-bond acceptors (Lipinski definition) is 4. The highest BCUT2D eigenvalue weighted by Gasteiger charge is 2.10. The van der Waals surface area contributed by atoms with Gasteiger partial charge in [-0.3, -0.25) is 4.79 Å². The van der Waals surface area contributed by atoms with Gasteiger partial charge >= 0.3 is 0 Å². The van der Waals surface area contributed by atoms with Gasteiger partial charge in [0.2, 0.25) is 0 Å². The molecule has 2 N–H and O–H groups in total. The number of para-hydroxylation sites is 1. The van der Waals surface area contributed by atoms with Crippen LogP contribution in [0.25, 0.3) is 0 Å². The molecule has 0 saturated heterocycles. The van der Waals surface area contributed by atoms with Crippen LogP contribution in [0, 0.1) is 12.3 Å². The molecule has 0 aliphatic carbocycles. The predicted octanol–water partition coefficient (Wildman–Crippen LogP) is 1.31. The number of carbonyl (C=O) groups is 1. The van der Waals surface area contributed by atoms with Crippen LogP contribution in [0.2, 0.25) is 0 Å². The molecular weight excluding hydrogens is 336 g/mol. The highest BCUT2D eigenvalue weighted by atomic mass is 79.9. The molecule has 0 aliphatic rings. The molecule has 0 aromatic heterocycles. The zero-order valence-corrected chi connectivity index (χ0v) is 13.5. The third-order valence-corrected chi connectivity index (χ3v) is 3.21. The van der Waals surface area contributed by atoms with E-state index < -0.39 is 0 Å². The molecular formula is C15H19BrN2O3. The van der Waals surface area contributed by atoms with Gasteiger partial charge < -0.3 is 20.1 Å². The van der Waals surface area contributed by atoms with Gasteiger partial charge in [0.05, 0.1) is 17.6 Å². The maximum atomic E-state index is 11.5. The third kappa shape index (κ3) is 6.63. The van der Waals surface area contributed by atoms with Crippen molar-refractivity contribution in [1.29, 1.82) is 0 Å². The summed E-state index contributed by atoms with van der Waals surface area (Å²) in [6, 6.07) is 5.73. The van der Waals surface area contributed by atoms with Gasteiger partial charge in [0.25, 0.3) is 5.91 Å². The van der Waals surface area contributed by atoms with Crippen molar-refractivity contribution in [3.63, 3.8) is 0 Å².